The highest BCUT2D eigenvalue weighted by atomic mass is 79.9. The van der Waals surface area contributed by atoms with Crippen LogP contribution in [0.2, 0.25) is 0 Å². The number of halogens is 4. The van der Waals surface area contributed by atoms with Crippen molar-refractivity contribution in [2.45, 2.75) is 13.3 Å². The van der Waals surface area contributed by atoms with Crippen LogP contribution in [0.25, 0.3) is 5.69 Å². The predicted octanol–water partition coefficient (Wildman–Crippen LogP) is 4.50. The number of hydrogen-bond donors (Lipinski definition) is 1. The van der Waals surface area contributed by atoms with Gasteiger partial charge in [0.1, 0.15) is 0 Å². The number of nitrogens with zero attached hydrogens (tertiary/aromatic N) is 1. The molecule has 0 spiro atoms. The van der Waals surface area contributed by atoms with Crippen molar-refractivity contribution in [3.63, 3.8) is 0 Å². The van der Waals surface area contributed by atoms with Gasteiger partial charge in [-0.15, -0.1) is 13.2 Å². The molecular formula is C11H8BrF3N2OS. The molecule has 0 radical (unpaired) electrons. The molecule has 0 aliphatic rings. The highest BCUT2D eigenvalue weighted by Crippen LogP contribution is 2.32. The zero-order valence-electron chi connectivity index (χ0n) is 9.58. The molecule has 0 aliphatic carbocycles. The van der Waals surface area contributed by atoms with Crippen LogP contribution in [0, 0.1) is 11.7 Å². The normalized spacial score (nSPS) is 11.6. The van der Waals surface area contributed by atoms with Crippen LogP contribution in [0.1, 0.15) is 5.69 Å². The van der Waals surface area contributed by atoms with Crippen molar-refractivity contribution in [1.82, 2.24) is 9.55 Å². The highest BCUT2D eigenvalue weighted by Gasteiger charge is 2.32. The number of rotatable bonds is 2. The first-order valence-corrected chi connectivity index (χ1v) is 6.30. The van der Waals surface area contributed by atoms with Gasteiger partial charge in [-0.25, -0.2) is 0 Å². The fraction of sp³-hybridized carbons (Fsp3) is 0.182. The molecule has 0 fully saturated rings. The zero-order chi connectivity index (χ0) is 14.2. The lowest BCUT2D eigenvalue weighted by Gasteiger charge is -2.14. The molecule has 0 bridgehead atoms. The van der Waals surface area contributed by atoms with E-state index >= 15 is 0 Å². The lowest BCUT2D eigenvalue weighted by Crippen LogP contribution is -2.18. The predicted molar refractivity (Wildman–Crippen MR) is 70.1 cm³/mol. The van der Waals surface area contributed by atoms with Crippen LogP contribution in [0.15, 0.2) is 28.9 Å². The Morgan fingerprint density at radius 2 is 2.05 bits per heavy atom. The topological polar surface area (TPSA) is 29.9 Å². The van der Waals surface area contributed by atoms with E-state index in [0.717, 1.165) is 5.69 Å². The molecular weight excluding hydrogens is 345 g/mol. The first-order chi connectivity index (χ1) is 8.76. The Hall–Kier alpha value is -1.28. The van der Waals surface area contributed by atoms with Gasteiger partial charge in [-0.3, -0.25) is 4.57 Å². The fourth-order valence-electron chi connectivity index (χ4n) is 1.59. The summed E-state index contributed by atoms with van der Waals surface area (Å²) in [5.41, 5.74) is 0.959. The number of aromatic nitrogens is 2. The summed E-state index contributed by atoms with van der Waals surface area (Å²) in [7, 11) is 0. The van der Waals surface area contributed by atoms with Gasteiger partial charge >= 0.3 is 6.36 Å². The number of aromatic amines is 1. The minimum atomic E-state index is -4.76. The fourth-order valence-corrected chi connectivity index (χ4v) is 2.24. The van der Waals surface area contributed by atoms with Gasteiger partial charge in [-0.1, -0.05) is 15.9 Å². The Morgan fingerprint density at radius 3 is 2.58 bits per heavy atom. The van der Waals surface area contributed by atoms with Crippen LogP contribution in [0.3, 0.4) is 0 Å². The molecule has 8 heteroatoms. The van der Waals surface area contributed by atoms with Crippen molar-refractivity contribution in [3.05, 3.63) is 39.3 Å². The van der Waals surface area contributed by atoms with E-state index in [4.69, 9.17) is 12.2 Å². The lowest BCUT2D eigenvalue weighted by atomic mass is 10.3. The van der Waals surface area contributed by atoms with Crippen molar-refractivity contribution < 1.29 is 17.9 Å². The third-order valence-corrected chi connectivity index (χ3v) is 3.04. The lowest BCUT2D eigenvalue weighted by molar-refractivity contribution is -0.274. The van der Waals surface area contributed by atoms with Crippen molar-refractivity contribution in [1.29, 1.82) is 0 Å². The maximum absolute atomic E-state index is 12.4. The summed E-state index contributed by atoms with van der Waals surface area (Å²) in [6.07, 6.45) is -3.15. The summed E-state index contributed by atoms with van der Waals surface area (Å²) < 4.78 is 43.4. The maximum Gasteiger partial charge on any atom is 0.573 e. The van der Waals surface area contributed by atoms with E-state index in [-0.39, 0.29) is 11.4 Å². The molecule has 2 rings (SSSR count). The van der Waals surface area contributed by atoms with Gasteiger partial charge in [0.05, 0.1) is 5.69 Å². The average molecular weight is 353 g/mol. The number of hydrogen-bond acceptors (Lipinski definition) is 2. The molecule has 2 aromatic rings. The van der Waals surface area contributed by atoms with Crippen molar-refractivity contribution in [3.8, 4) is 11.4 Å². The Bertz CT molecular complexity index is 663. The quantitative estimate of drug-likeness (QED) is 0.806. The van der Waals surface area contributed by atoms with Gasteiger partial charge in [0, 0.05) is 16.4 Å². The van der Waals surface area contributed by atoms with Gasteiger partial charge in [0.25, 0.3) is 0 Å². The van der Waals surface area contributed by atoms with Crippen LogP contribution in [0.5, 0.6) is 5.75 Å². The van der Waals surface area contributed by atoms with Crippen molar-refractivity contribution >= 4 is 28.1 Å². The first-order valence-electron chi connectivity index (χ1n) is 5.10. The summed E-state index contributed by atoms with van der Waals surface area (Å²) >= 11 is 8.16. The SMILES string of the molecule is Cc1cn(-c2ccc(Br)cc2OC(F)(F)F)c(=S)[nH]1. The minimum Gasteiger partial charge on any atom is -0.403 e. The molecule has 3 nitrogen and oxygen atoms in total. The molecule has 0 saturated heterocycles. The van der Waals surface area contributed by atoms with Gasteiger partial charge in [0.15, 0.2) is 10.5 Å². The molecule has 1 aromatic carbocycles. The van der Waals surface area contributed by atoms with Crippen LogP contribution in [-0.2, 0) is 0 Å². The van der Waals surface area contributed by atoms with Crippen molar-refractivity contribution in [2.24, 2.45) is 0 Å². The second kappa shape index (κ2) is 5.01. The number of benzene rings is 1. The summed E-state index contributed by atoms with van der Waals surface area (Å²) in [6, 6.07) is 4.35. The third kappa shape index (κ3) is 3.38. The molecule has 0 amide bonds. The van der Waals surface area contributed by atoms with E-state index in [1.54, 1.807) is 19.2 Å². The van der Waals surface area contributed by atoms with Crippen molar-refractivity contribution in [2.75, 3.05) is 0 Å². The number of H-pyrrole nitrogens is 1. The largest absolute Gasteiger partial charge is 0.573 e. The summed E-state index contributed by atoms with van der Waals surface area (Å²) in [4.78, 5) is 2.84. The van der Waals surface area contributed by atoms with E-state index in [9.17, 15) is 13.2 Å². The van der Waals surface area contributed by atoms with E-state index in [0.29, 0.717) is 9.24 Å². The molecule has 1 N–H and O–H groups in total. The third-order valence-electron chi connectivity index (χ3n) is 2.25. The summed E-state index contributed by atoms with van der Waals surface area (Å²) in [6.45, 7) is 1.76. The summed E-state index contributed by atoms with van der Waals surface area (Å²) in [5, 5.41) is 0. The zero-order valence-corrected chi connectivity index (χ0v) is 12.0. The monoisotopic (exact) mass is 352 g/mol. The first kappa shape index (κ1) is 14.1. The van der Waals surface area contributed by atoms with Crippen LogP contribution < -0.4 is 4.74 Å². The molecule has 0 atom stereocenters. The number of imidazole rings is 1. The highest BCUT2D eigenvalue weighted by molar-refractivity contribution is 9.10. The van der Waals surface area contributed by atoms with Gasteiger partial charge in [-0.2, -0.15) is 0 Å². The number of alkyl halides is 3. The molecule has 0 aliphatic heterocycles. The summed E-state index contributed by atoms with van der Waals surface area (Å²) in [5.74, 6) is -0.322. The molecule has 0 unspecified atom stereocenters. The van der Waals surface area contributed by atoms with Gasteiger partial charge in [-0.05, 0) is 37.3 Å². The average Bonchev–Trinajstić information content (AvgIpc) is 2.55. The molecule has 1 heterocycles. The molecule has 19 heavy (non-hydrogen) atoms. The Morgan fingerprint density at radius 1 is 1.37 bits per heavy atom. The van der Waals surface area contributed by atoms with E-state index in [2.05, 4.69) is 25.7 Å². The molecule has 102 valence electrons. The molecule has 0 saturated carbocycles. The van der Waals surface area contributed by atoms with E-state index < -0.39 is 6.36 Å². The van der Waals surface area contributed by atoms with Crippen LogP contribution >= 0.6 is 28.1 Å². The number of aryl methyl sites for hydroxylation is 1. The number of nitrogens with one attached hydrogen (secondary N) is 1. The Kier molecular flexibility index (Phi) is 3.73. The van der Waals surface area contributed by atoms with E-state index in [1.807, 2.05) is 0 Å². The van der Waals surface area contributed by atoms with E-state index in [1.165, 1.54) is 16.7 Å². The van der Waals surface area contributed by atoms with Gasteiger partial charge < -0.3 is 9.72 Å². The second-order valence-corrected chi connectivity index (χ2v) is 5.07. The smallest absolute Gasteiger partial charge is 0.403 e. The Balaban J connectivity index is 2.57. The second-order valence-electron chi connectivity index (χ2n) is 3.77. The minimum absolute atomic E-state index is 0.217. The standard InChI is InChI=1S/C11H8BrF3N2OS/c1-6-5-17(10(19)16-6)8-3-2-7(12)4-9(8)18-11(13,14)15/h2-5H,1H3,(H,16,19). The van der Waals surface area contributed by atoms with Gasteiger partial charge in [0.2, 0.25) is 0 Å². The van der Waals surface area contributed by atoms with Crippen LogP contribution in [0.4, 0.5) is 13.2 Å². The maximum atomic E-state index is 12.4. The Labute approximate surface area is 120 Å². The van der Waals surface area contributed by atoms with Crippen LogP contribution in [-0.4, -0.2) is 15.9 Å². The number of ether oxygens (including phenoxy) is 1. The molecule has 1 aromatic heterocycles.